The average Bonchev–Trinajstić information content (AvgIpc) is 2.95. The number of benzene rings is 3. The van der Waals surface area contributed by atoms with Crippen molar-refractivity contribution in [3.05, 3.63) is 83.4 Å². The van der Waals surface area contributed by atoms with Gasteiger partial charge in [-0.2, -0.15) is 0 Å². The minimum atomic E-state index is -0.689. The lowest BCUT2D eigenvalue weighted by Crippen LogP contribution is -2.47. The highest BCUT2D eigenvalue weighted by Crippen LogP contribution is 2.39. The molecule has 200 valence electrons. The van der Waals surface area contributed by atoms with E-state index in [2.05, 4.69) is 0 Å². The molecule has 1 heterocycles. The Balaban J connectivity index is 1.59. The molecular weight excluding hydrogens is 486 g/mol. The molecule has 1 amide bonds. The molecular formula is C30H33NO7. The molecule has 0 fully saturated rings. The van der Waals surface area contributed by atoms with Gasteiger partial charge in [0.1, 0.15) is 18.1 Å². The summed E-state index contributed by atoms with van der Waals surface area (Å²) in [4.78, 5) is 27.4. The van der Waals surface area contributed by atoms with E-state index < -0.39 is 12.1 Å². The number of methoxy groups -OCH3 is 2. The van der Waals surface area contributed by atoms with E-state index in [-0.39, 0.29) is 18.5 Å². The van der Waals surface area contributed by atoms with Gasteiger partial charge >= 0.3 is 5.97 Å². The maximum atomic E-state index is 13.6. The van der Waals surface area contributed by atoms with Crippen LogP contribution in [0.15, 0.2) is 66.7 Å². The third-order valence-electron chi connectivity index (χ3n) is 6.46. The first-order valence-corrected chi connectivity index (χ1v) is 12.6. The van der Waals surface area contributed by atoms with Gasteiger partial charge in [-0.1, -0.05) is 18.2 Å². The van der Waals surface area contributed by atoms with Crippen molar-refractivity contribution in [1.29, 1.82) is 0 Å². The number of para-hydroxylation sites is 1. The number of carbonyl (C=O) groups is 2. The first kappa shape index (κ1) is 26.9. The highest BCUT2D eigenvalue weighted by Gasteiger charge is 2.35. The molecule has 0 aliphatic carbocycles. The summed E-state index contributed by atoms with van der Waals surface area (Å²) < 4.78 is 28.2. The first-order valence-electron chi connectivity index (χ1n) is 12.6. The average molecular weight is 520 g/mol. The summed E-state index contributed by atoms with van der Waals surface area (Å²) in [5.74, 6) is 1.91. The maximum absolute atomic E-state index is 13.6. The summed E-state index contributed by atoms with van der Waals surface area (Å²) in [5, 5.41) is 0. The second kappa shape index (κ2) is 12.4. The Morgan fingerprint density at radius 1 is 0.947 bits per heavy atom. The zero-order valence-electron chi connectivity index (χ0n) is 22.1. The van der Waals surface area contributed by atoms with Crippen molar-refractivity contribution < 1.29 is 33.3 Å². The van der Waals surface area contributed by atoms with Gasteiger partial charge in [-0.3, -0.25) is 4.79 Å². The van der Waals surface area contributed by atoms with Crippen molar-refractivity contribution in [3.63, 3.8) is 0 Å². The monoisotopic (exact) mass is 519 g/mol. The molecule has 8 heteroatoms. The number of fused-ring (bicyclic) bond motifs is 1. The van der Waals surface area contributed by atoms with Gasteiger partial charge in [-0.25, -0.2) is 4.79 Å². The van der Waals surface area contributed by atoms with Crippen LogP contribution >= 0.6 is 0 Å². The fourth-order valence-corrected chi connectivity index (χ4v) is 4.54. The number of hydrogen-bond acceptors (Lipinski definition) is 7. The van der Waals surface area contributed by atoms with Crippen LogP contribution in [-0.4, -0.2) is 56.9 Å². The normalized spacial score (nSPS) is 15.2. The Morgan fingerprint density at radius 3 is 2.29 bits per heavy atom. The van der Waals surface area contributed by atoms with Crippen molar-refractivity contribution in [2.24, 2.45) is 0 Å². The highest BCUT2D eigenvalue weighted by molar-refractivity contribution is 5.89. The number of rotatable bonds is 10. The van der Waals surface area contributed by atoms with Crippen molar-refractivity contribution in [1.82, 2.24) is 4.90 Å². The van der Waals surface area contributed by atoms with Gasteiger partial charge in [0.2, 0.25) is 0 Å². The number of esters is 1. The van der Waals surface area contributed by atoms with E-state index in [0.717, 1.165) is 11.1 Å². The SMILES string of the molecule is CCOC(=O)c1ccc(OCC2c3cc(OC)c(OC)cc3CCN2C(=O)C(C)Oc2ccccc2)cc1. The number of hydrogen-bond donors (Lipinski definition) is 0. The van der Waals surface area contributed by atoms with Crippen LogP contribution in [0.25, 0.3) is 0 Å². The van der Waals surface area contributed by atoms with E-state index in [1.54, 1.807) is 57.2 Å². The molecule has 0 N–H and O–H groups in total. The molecule has 0 radical (unpaired) electrons. The lowest BCUT2D eigenvalue weighted by Gasteiger charge is -2.38. The lowest BCUT2D eigenvalue weighted by atomic mass is 9.91. The molecule has 1 aliphatic heterocycles. The summed E-state index contributed by atoms with van der Waals surface area (Å²) in [6, 6.07) is 19.5. The van der Waals surface area contributed by atoms with Gasteiger partial charge in [-0.15, -0.1) is 0 Å². The Labute approximate surface area is 223 Å². The van der Waals surface area contributed by atoms with Crippen LogP contribution in [0.2, 0.25) is 0 Å². The lowest BCUT2D eigenvalue weighted by molar-refractivity contribution is -0.141. The van der Waals surface area contributed by atoms with Gasteiger partial charge in [-0.05, 0) is 79.9 Å². The minimum Gasteiger partial charge on any atom is -0.493 e. The molecule has 3 aromatic rings. The molecule has 0 bridgehead atoms. The quantitative estimate of drug-likeness (QED) is 0.354. The van der Waals surface area contributed by atoms with Crippen molar-refractivity contribution in [3.8, 4) is 23.0 Å². The van der Waals surface area contributed by atoms with Crippen LogP contribution in [-0.2, 0) is 16.0 Å². The molecule has 2 atom stereocenters. The number of amides is 1. The summed E-state index contributed by atoms with van der Waals surface area (Å²) in [7, 11) is 3.19. The summed E-state index contributed by atoms with van der Waals surface area (Å²) in [6.07, 6.45) is -0.0324. The summed E-state index contributed by atoms with van der Waals surface area (Å²) in [6.45, 7) is 4.53. The zero-order valence-corrected chi connectivity index (χ0v) is 22.1. The highest BCUT2D eigenvalue weighted by atomic mass is 16.5. The van der Waals surface area contributed by atoms with E-state index in [1.807, 2.05) is 42.5 Å². The third kappa shape index (κ3) is 6.02. The molecule has 0 saturated heterocycles. The number of ether oxygens (including phenoxy) is 5. The van der Waals surface area contributed by atoms with Crippen LogP contribution in [0.1, 0.15) is 41.4 Å². The molecule has 0 spiro atoms. The van der Waals surface area contributed by atoms with E-state index in [9.17, 15) is 9.59 Å². The van der Waals surface area contributed by atoms with Gasteiger partial charge < -0.3 is 28.6 Å². The smallest absolute Gasteiger partial charge is 0.338 e. The van der Waals surface area contributed by atoms with Crippen molar-refractivity contribution in [2.75, 3.05) is 34.0 Å². The Hall–Kier alpha value is -4.20. The molecule has 3 aromatic carbocycles. The number of nitrogens with zero attached hydrogens (tertiary/aromatic N) is 1. The molecule has 0 aromatic heterocycles. The maximum Gasteiger partial charge on any atom is 0.338 e. The van der Waals surface area contributed by atoms with Crippen molar-refractivity contribution >= 4 is 11.9 Å². The van der Waals surface area contributed by atoms with E-state index in [1.165, 1.54) is 0 Å². The van der Waals surface area contributed by atoms with E-state index >= 15 is 0 Å². The van der Waals surface area contributed by atoms with E-state index in [0.29, 0.717) is 48.1 Å². The van der Waals surface area contributed by atoms with Gasteiger partial charge in [0.25, 0.3) is 5.91 Å². The standard InChI is InChI=1S/C30H33NO7/c1-5-36-30(33)21-11-13-23(14-12-21)37-19-26-25-18-28(35-4)27(34-3)17-22(25)15-16-31(26)29(32)20(2)38-24-9-7-6-8-10-24/h6-14,17-18,20,26H,5,15-16,19H2,1-4H3. The Morgan fingerprint density at radius 2 is 1.63 bits per heavy atom. The largest absolute Gasteiger partial charge is 0.493 e. The van der Waals surface area contributed by atoms with Gasteiger partial charge in [0.05, 0.1) is 32.4 Å². The number of carbonyl (C=O) groups excluding carboxylic acids is 2. The Kier molecular flexibility index (Phi) is 8.73. The second-order valence-electron chi connectivity index (χ2n) is 8.83. The predicted octanol–water partition coefficient (Wildman–Crippen LogP) is 4.85. The van der Waals surface area contributed by atoms with Crippen LogP contribution in [0, 0.1) is 0 Å². The van der Waals surface area contributed by atoms with Crippen molar-refractivity contribution in [2.45, 2.75) is 32.4 Å². The first-order chi connectivity index (χ1) is 18.4. The predicted molar refractivity (Wildman–Crippen MR) is 142 cm³/mol. The van der Waals surface area contributed by atoms with Crippen LogP contribution in [0.4, 0.5) is 0 Å². The van der Waals surface area contributed by atoms with Gasteiger partial charge in [0, 0.05) is 6.54 Å². The van der Waals surface area contributed by atoms with Crippen LogP contribution < -0.4 is 18.9 Å². The fraction of sp³-hybridized carbons (Fsp3) is 0.333. The third-order valence-corrected chi connectivity index (χ3v) is 6.46. The summed E-state index contributed by atoms with van der Waals surface area (Å²) in [5.41, 5.74) is 2.44. The van der Waals surface area contributed by atoms with Gasteiger partial charge in [0.15, 0.2) is 17.6 Å². The molecule has 1 aliphatic rings. The molecule has 0 saturated carbocycles. The topological polar surface area (TPSA) is 83.5 Å². The van der Waals surface area contributed by atoms with E-state index in [4.69, 9.17) is 23.7 Å². The van der Waals surface area contributed by atoms with Crippen LogP contribution in [0.5, 0.6) is 23.0 Å². The molecule has 38 heavy (non-hydrogen) atoms. The molecule has 4 rings (SSSR count). The Bertz CT molecular complexity index is 1240. The zero-order chi connectivity index (χ0) is 27.1. The minimum absolute atomic E-state index is 0.138. The second-order valence-corrected chi connectivity index (χ2v) is 8.83. The summed E-state index contributed by atoms with van der Waals surface area (Å²) >= 11 is 0. The molecule has 2 unspecified atom stereocenters. The molecule has 8 nitrogen and oxygen atoms in total. The fourth-order valence-electron chi connectivity index (χ4n) is 4.54. The van der Waals surface area contributed by atoms with Crippen LogP contribution in [0.3, 0.4) is 0 Å².